The molecule has 0 saturated carbocycles. The molecule has 0 aromatic carbocycles. The van der Waals surface area contributed by atoms with E-state index in [4.69, 9.17) is 0 Å². The van der Waals surface area contributed by atoms with Crippen LogP contribution >= 0.6 is 0 Å². The van der Waals surface area contributed by atoms with Crippen LogP contribution in [-0.2, 0) is 0 Å². The molecule has 0 unspecified atom stereocenters. The van der Waals surface area contributed by atoms with E-state index in [1.165, 1.54) is 19.3 Å². The number of hydrogen-bond acceptors (Lipinski definition) is 1. The molecular weight excluding hydrogens is 218 g/mol. The van der Waals surface area contributed by atoms with E-state index >= 15 is 0 Å². The van der Waals surface area contributed by atoms with Gasteiger partial charge in [-0.25, -0.2) is 0 Å². The zero-order valence-corrected chi connectivity index (χ0v) is 14.6. The SMILES string of the molecule is CCC(C)(C)CC(C)(C)NC(C)(C)CC(C)(C)C. The fourth-order valence-electron chi connectivity index (χ4n) is 3.65. The molecule has 1 N–H and O–H groups in total. The van der Waals surface area contributed by atoms with Crippen LogP contribution < -0.4 is 5.32 Å². The third kappa shape index (κ3) is 8.13. The summed E-state index contributed by atoms with van der Waals surface area (Å²) in [4.78, 5) is 0. The Morgan fingerprint density at radius 3 is 1.39 bits per heavy atom. The van der Waals surface area contributed by atoms with Gasteiger partial charge in [0.2, 0.25) is 0 Å². The van der Waals surface area contributed by atoms with Gasteiger partial charge in [-0.3, -0.25) is 0 Å². The Morgan fingerprint density at radius 2 is 1.06 bits per heavy atom. The maximum absolute atomic E-state index is 3.88. The van der Waals surface area contributed by atoms with E-state index in [2.05, 4.69) is 74.6 Å². The predicted octanol–water partition coefficient (Wildman–Crippen LogP) is 5.40. The lowest BCUT2D eigenvalue weighted by Gasteiger charge is -2.43. The van der Waals surface area contributed by atoms with Gasteiger partial charge in [0.25, 0.3) is 0 Å². The molecule has 0 saturated heterocycles. The van der Waals surface area contributed by atoms with Crippen molar-refractivity contribution in [2.75, 3.05) is 0 Å². The van der Waals surface area contributed by atoms with Crippen molar-refractivity contribution in [3.63, 3.8) is 0 Å². The van der Waals surface area contributed by atoms with Gasteiger partial charge in [-0.2, -0.15) is 0 Å². The van der Waals surface area contributed by atoms with Crippen molar-refractivity contribution < 1.29 is 0 Å². The minimum Gasteiger partial charge on any atom is -0.307 e. The van der Waals surface area contributed by atoms with Crippen molar-refractivity contribution in [1.82, 2.24) is 5.32 Å². The van der Waals surface area contributed by atoms with Crippen LogP contribution in [0.15, 0.2) is 0 Å². The Kier molecular flexibility index (Phi) is 5.51. The van der Waals surface area contributed by atoms with Gasteiger partial charge < -0.3 is 5.32 Å². The Balaban J connectivity index is 4.66. The molecule has 0 spiro atoms. The Labute approximate surface area is 116 Å². The van der Waals surface area contributed by atoms with Crippen molar-refractivity contribution in [3.05, 3.63) is 0 Å². The molecule has 0 aliphatic rings. The van der Waals surface area contributed by atoms with Gasteiger partial charge in [-0.05, 0) is 51.4 Å². The number of nitrogens with one attached hydrogen (secondary N) is 1. The maximum Gasteiger partial charge on any atom is 0.0135 e. The molecule has 18 heavy (non-hydrogen) atoms. The van der Waals surface area contributed by atoms with Crippen molar-refractivity contribution in [2.24, 2.45) is 10.8 Å². The molecule has 0 aliphatic heterocycles. The average molecular weight is 255 g/mol. The van der Waals surface area contributed by atoms with Crippen LogP contribution in [0.3, 0.4) is 0 Å². The summed E-state index contributed by atoms with van der Waals surface area (Å²) >= 11 is 0. The van der Waals surface area contributed by atoms with Crippen molar-refractivity contribution in [1.29, 1.82) is 0 Å². The maximum atomic E-state index is 3.88. The summed E-state index contributed by atoms with van der Waals surface area (Å²) in [5, 5.41) is 3.88. The lowest BCUT2D eigenvalue weighted by Crippen LogP contribution is -2.54. The first-order chi connectivity index (χ1) is 7.68. The second kappa shape index (κ2) is 5.53. The molecule has 0 rings (SSSR count). The molecule has 0 aromatic heterocycles. The molecule has 1 heteroatoms. The van der Waals surface area contributed by atoms with Crippen LogP contribution in [0.1, 0.15) is 88.5 Å². The van der Waals surface area contributed by atoms with Crippen LogP contribution in [0.2, 0.25) is 0 Å². The second-order valence-corrected chi connectivity index (χ2v) is 9.32. The monoisotopic (exact) mass is 255 g/mol. The first kappa shape index (κ1) is 18.0. The zero-order valence-electron chi connectivity index (χ0n) is 14.6. The van der Waals surface area contributed by atoms with E-state index in [1.807, 2.05) is 0 Å². The molecule has 0 aliphatic carbocycles. The highest BCUT2D eigenvalue weighted by atomic mass is 15.0. The van der Waals surface area contributed by atoms with Gasteiger partial charge in [0.15, 0.2) is 0 Å². The fourth-order valence-corrected chi connectivity index (χ4v) is 3.65. The molecule has 110 valence electrons. The van der Waals surface area contributed by atoms with E-state index in [-0.39, 0.29) is 11.1 Å². The van der Waals surface area contributed by atoms with Gasteiger partial charge in [-0.15, -0.1) is 0 Å². The highest BCUT2D eigenvalue weighted by Crippen LogP contribution is 2.34. The van der Waals surface area contributed by atoms with Crippen molar-refractivity contribution in [2.45, 2.75) is 99.6 Å². The Morgan fingerprint density at radius 1 is 0.667 bits per heavy atom. The zero-order chi connectivity index (χ0) is 14.8. The molecule has 0 atom stereocenters. The van der Waals surface area contributed by atoms with Gasteiger partial charge in [0.05, 0.1) is 0 Å². The smallest absolute Gasteiger partial charge is 0.0135 e. The first-order valence-electron chi connectivity index (χ1n) is 7.47. The molecular formula is C17H37N. The van der Waals surface area contributed by atoms with E-state index in [9.17, 15) is 0 Å². The van der Waals surface area contributed by atoms with Crippen LogP contribution in [0.25, 0.3) is 0 Å². The average Bonchev–Trinajstić information content (AvgIpc) is 1.93. The van der Waals surface area contributed by atoms with Crippen molar-refractivity contribution >= 4 is 0 Å². The topological polar surface area (TPSA) is 12.0 Å². The van der Waals surface area contributed by atoms with Gasteiger partial charge in [-0.1, -0.05) is 48.0 Å². The van der Waals surface area contributed by atoms with E-state index in [0.717, 1.165) is 0 Å². The quantitative estimate of drug-likeness (QED) is 0.670. The highest BCUT2D eigenvalue weighted by molar-refractivity contribution is 4.93. The fraction of sp³-hybridized carbons (Fsp3) is 1.00. The standard InChI is InChI=1S/C17H37N/c1-11-15(5,6)13-17(9,10)18-16(7,8)12-14(2,3)4/h18H,11-13H2,1-10H3. The number of hydrogen-bond donors (Lipinski definition) is 1. The molecule has 0 amide bonds. The van der Waals surface area contributed by atoms with E-state index in [0.29, 0.717) is 10.8 Å². The second-order valence-electron chi connectivity index (χ2n) is 9.32. The summed E-state index contributed by atoms with van der Waals surface area (Å²) in [6.07, 6.45) is 3.64. The van der Waals surface area contributed by atoms with Crippen molar-refractivity contribution in [3.8, 4) is 0 Å². The van der Waals surface area contributed by atoms with E-state index in [1.54, 1.807) is 0 Å². The molecule has 0 bridgehead atoms. The third-order valence-corrected chi connectivity index (χ3v) is 3.53. The lowest BCUT2D eigenvalue weighted by molar-refractivity contribution is 0.146. The largest absolute Gasteiger partial charge is 0.307 e. The van der Waals surface area contributed by atoms with E-state index < -0.39 is 0 Å². The summed E-state index contributed by atoms with van der Waals surface area (Å²) in [5.41, 5.74) is 1.15. The van der Waals surface area contributed by atoms with Crippen LogP contribution in [0, 0.1) is 10.8 Å². The Hall–Kier alpha value is -0.0400. The number of rotatable bonds is 6. The van der Waals surface area contributed by atoms with Gasteiger partial charge in [0.1, 0.15) is 0 Å². The van der Waals surface area contributed by atoms with Crippen LogP contribution in [0.5, 0.6) is 0 Å². The molecule has 0 heterocycles. The lowest BCUT2D eigenvalue weighted by atomic mass is 9.75. The molecule has 1 nitrogen and oxygen atoms in total. The minimum atomic E-state index is 0.186. The van der Waals surface area contributed by atoms with Crippen LogP contribution in [-0.4, -0.2) is 11.1 Å². The summed E-state index contributed by atoms with van der Waals surface area (Å²) in [5.74, 6) is 0. The predicted molar refractivity (Wildman–Crippen MR) is 84.1 cm³/mol. The van der Waals surface area contributed by atoms with Gasteiger partial charge >= 0.3 is 0 Å². The first-order valence-corrected chi connectivity index (χ1v) is 7.47. The summed E-state index contributed by atoms with van der Waals surface area (Å²) in [6, 6.07) is 0. The molecule has 0 fully saturated rings. The van der Waals surface area contributed by atoms with Gasteiger partial charge in [0, 0.05) is 11.1 Å². The Bertz CT molecular complexity index is 253. The van der Waals surface area contributed by atoms with Crippen LogP contribution in [0.4, 0.5) is 0 Å². The molecule has 0 radical (unpaired) electrons. The summed E-state index contributed by atoms with van der Waals surface area (Å²) in [7, 11) is 0. The molecule has 0 aromatic rings. The summed E-state index contributed by atoms with van der Waals surface area (Å²) in [6.45, 7) is 23.3. The third-order valence-electron chi connectivity index (χ3n) is 3.53. The normalized spacial score (nSPS) is 15.0. The summed E-state index contributed by atoms with van der Waals surface area (Å²) < 4.78 is 0. The highest BCUT2D eigenvalue weighted by Gasteiger charge is 2.34. The minimum absolute atomic E-state index is 0.186.